The molecule has 0 saturated carbocycles. The third kappa shape index (κ3) is 6.06. The minimum absolute atomic E-state index is 0.0725. The lowest BCUT2D eigenvalue weighted by molar-refractivity contribution is -0.143. The van der Waals surface area contributed by atoms with Crippen LogP contribution in [0.3, 0.4) is 0 Å². The van der Waals surface area contributed by atoms with Gasteiger partial charge in [0.15, 0.2) is 11.5 Å². The van der Waals surface area contributed by atoms with Gasteiger partial charge < -0.3 is 24.4 Å². The van der Waals surface area contributed by atoms with Gasteiger partial charge in [-0.25, -0.2) is 0 Å². The van der Waals surface area contributed by atoms with Gasteiger partial charge in [0.25, 0.3) is 0 Å². The molecular weight excluding hydrogens is 512 g/mol. The molecule has 2 fully saturated rings. The van der Waals surface area contributed by atoms with Crippen LogP contribution in [0.15, 0.2) is 42.7 Å². The number of pyridine rings is 1. The predicted molar refractivity (Wildman–Crippen MR) is 148 cm³/mol. The number of aliphatic carboxylic acids is 1. The Morgan fingerprint density at radius 3 is 2.75 bits per heavy atom. The van der Waals surface area contributed by atoms with Crippen molar-refractivity contribution < 1.29 is 29.0 Å². The molecule has 0 spiro atoms. The minimum atomic E-state index is -0.880. The molecule has 3 aliphatic heterocycles. The molecule has 5 rings (SSSR count). The Balaban J connectivity index is 1.39. The SMILES string of the molecule is CCCCN(C(=O)CN1CC(c2ccc3c(c2)OCO3)C(C(=O)O)C1CCCN1CCCC1=O)c1cccnc1. The number of amides is 2. The maximum Gasteiger partial charge on any atom is 0.308 e. The fourth-order valence-corrected chi connectivity index (χ4v) is 6.25. The minimum Gasteiger partial charge on any atom is -0.481 e. The number of rotatable bonds is 12. The van der Waals surface area contributed by atoms with Crippen LogP contribution in [0, 0.1) is 5.92 Å². The van der Waals surface area contributed by atoms with Crippen LogP contribution in [0.2, 0.25) is 0 Å². The molecule has 3 aliphatic rings. The van der Waals surface area contributed by atoms with Crippen molar-refractivity contribution in [2.45, 2.75) is 57.4 Å². The molecule has 4 heterocycles. The standard InChI is InChI=1S/C30H38N4O6/c1-2-3-15-34(22-7-4-12-31-17-22)28(36)19-33-18-23(21-10-11-25-26(16-21)40-20-39-25)29(30(37)38)24(33)8-5-13-32-14-6-9-27(32)35/h4,7,10-12,16-17,23-24,29H,2-3,5-6,8-9,13-15,18-20H2,1H3,(H,37,38). The number of anilines is 1. The molecule has 0 bridgehead atoms. The zero-order valence-corrected chi connectivity index (χ0v) is 23.0. The number of hydrogen-bond donors (Lipinski definition) is 1. The van der Waals surface area contributed by atoms with Crippen LogP contribution in [0.25, 0.3) is 0 Å². The summed E-state index contributed by atoms with van der Waals surface area (Å²) < 4.78 is 11.0. The highest BCUT2D eigenvalue weighted by Crippen LogP contribution is 2.43. The van der Waals surface area contributed by atoms with Gasteiger partial charge in [-0.1, -0.05) is 19.4 Å². The Hall–Kier alpha value is -3.66. The Kier molecular flexibility index (Phi) is 8.84. The Morgan fingerprint density at radius 2 is 2.02 bits per heavy atom. The first-order valence-electron chi connectivity index (χ1n) is 14.3. The largest absolute Gasteiger partial charge is 0.481 e. The number of aromatic nitrogens is 1. The van der Waals surface area contributed by atoms with Crippen molar-refractivity contribution in [2.24, 2.45) is 5.92 Å². The van der Waals surface area contributed by atoms with E-state index in [-0.39, 0.29) is 37.1 Å². The highest BCUT2D eigenvalue weighted by molar-refractivity contribution is 5.94. The number of nitrogens with zero attached hydrogens (tertiary/aromatic N) is 4. The van der Waals surface area contributed by atoms with Gasteiger partial charge in [-0.05, 0) is 55.5 Å². The van der Waals surface area contributed by atoms with Crippen LogP contribution in [-0.2, 0) is 14.4 Å². The lowest BCUT2D eigenvalue weighted by Gasteiger charge is -2.30. The van der Waals surface area contributed by atoms with E-state index >= 15 is 0 Å². The first-order valence-corrected chi connectivity index (χ1v) is 14.3. The van der Waals surface area contributed by atoms with Crippen LogP contribution in [0.5, 0.6) is 11.5 Å². The summed E-state index contributed by atoms with van der Waals surface area (Å²) in [6, 6.07) is 8.95. The number of carboxylic acids is 1. The second kappa shape index (κ2) is 12.7. The molecule has 3 atom stereocenters. The smallest absolute Gasteiger partial charge is 0.308 e. The summed E-state index contributed by atoms with van der Waals surface area (Å²) in [6.07, 6.45) is 7.88. The van der Waals surface area contributed by atoms with E-state index < -0.39 is 11.9 Å². The van der Waals surface area contributed by atoms with E-state index in [0.29, 0.717) is 50.4 Å². The van der Waals surface area contributed by atoms with Crippen molar-refractivity contribution >= 4 is 23.5 Å². The van der Waals surface area contributed by atoms with Gasteiger partial charge in [0, 0.05) is 50.8 Å². The molecule has 2 saturated heterocycles. The van der Waals surface area contributed by atoms with Crippen molar-refractivity contribution in [3.8, 4) is 11.5 Å². The van der Waals surface area contributed by atoms with Crippen LogP contribution >= 0.6 is 0 Å². The van der Waals surface area contributed by atoms with Crippen LogP contribution in [-0.4, -0.2) is 83.2 Å². The third-order valence-corrected chi connectivity index (χ3v) is 8.29. The number of hydrogen-bond acceptors (Lipinski definition) is 7. The fourth-order valence-electron chi connectivity index (χ4n) is 6.25. The van der Waals surface area contributed by atoms with Gasteiger partial charge in [0.2, 0.25) is 18.6 Å². The number of benzene rings is 1. The molecule has 40 heavy (non-hydrogen) atoms. The van der Waals surface area contributed by atoms with Gasteiger partial charge in [0.1, 0.15) is 0 Å². The average molecular weight is 551 g/mol. The molecule has 1 N–H and O–H groups in total. The molecular formula is C30H38N4O6. The zero-order chi connectivity index (χ0) is 28.1. The second-order valence-corrected chi connectivity index (χ2v) is 10.8. The van der Waals surface area contributed by atoms with E-state index in [0.717, 1.165) is 37.1 Å². The second-order valence-electron chi connectivity index (χ2n) is 10.8. The Bertz CT molecular complexity index is 1210. The molecule has 10 heteroatoms. The van der Waals surface area contributed by atoms with Crippen molar-refractivity contribution in [2.75, 3.05) is 44.4 Å². The maximum atomic E-state index is 13.8. The van der Waals surface area contributed by atoms with Crippen LogP contribution < -0.4 is 14.4 Å². The quantitative estimate of drug-likeness (QED) is 0.427. The number of carbonyl (C=O) groups is 3. The topological polar surface area (TPSA) is 113 Å². The molecule has 2 aromatic rings. The van der Waals surface area contributed by atoms with E-state index in [1.54, 1.807) is 17.3 Å². The summed E-state index contributed by atoms with van der Waals surface area (Å²) in [4.78, 5) is 48.6. The number of ether oxygens (including phenoxy) is 2. The highest BCUT2D eigenvalue weighted by atomic mass is 16.7. The lowest BCUT2D eigenvalue weighted by Crippen LogP contribution is -2.44. The molecule has 1 aromatic carbocycles. The molecule has 0 aliphatic carbocycles. The van der Waals surface area contributed by atoms with Gasteiger partial charge in [-0.3, -0.25) is 24.3 Å². The first kappa shape index (κ1) is 27.9. The number of fused-ring (bicyclic) bond motifs is 1. The van der Waals surface area contributed by atoms with E-state index in [4.69, 9.17) is 9.47 Å². The number of carbonyl (C=O) groups excluding carboxylic acids is 2. The van der Waals surface area contributed by atoms with Crippen LogP contribution in [0.4, 0.5) is 5.69 Å². The van der Waals surface area contributed by atoms with Crippen molar-refractivity contribution in [1.29, 1.82) is 0 Å². The summed E-state index contributed by atoms with van der Waals surface area (Å²) in [5.41, 5.74) is 1.60. The van der Waals surface area contributed by atoms with E-state index in [2.05, 4.69) is 11.9 Å². The Morgan fingerprint density at radius 1 is 1.18 bits per heavy atom. The van der Waals surface area contributed by atoms with Crippen molar-refractivity contribution in [1.82, 2.24) is 14.8 Å². The number of likely N-dealkylation sites (tertiary alicyclic amines) is 2. The average Bonchev–Trinajstić information content (AvgIpc) is 3.68. The summed E-state index contributed by atoms with van der Waals surface area (Å²) >= 11 is 0. The third-order valence-electron chi connectivity index (χ3n) is 8.29. The summed E-state index contributed by atoms with van der Waals surface area (Å²) in [7, 11) is 0. The number of carboxylic acid groups (broad SMARTS) is 1. The predicted octanol–water partition coefficient (Wildman–Crippen LogP) is 3.51. The van der Waals surface area contributed by atoms with Crippen LogP contribution in [0.1, 0.15) is 56.9 Å². The molecule has 1 aromatic heterocycles. The molecule has 2 amide bonds. The molecule has 214 valence electrons. The van der Waals surface area contributed by atoms with E-state index in [1.165, 1.54) is 0 Å². The van der Waals surface area contributed by atoms with Gasteiger partial charge in [0.05, 0.1) is 24.3 Å². The monoisotopic (exact) mass is 550 g/mol. The van der Waals surface area contributed by atoms with Gasteiger partial charge >= 0.3 is 5.97 Å². The van der Waals surface area contributed by atoms with Gasteiger partial charge in [-0.15, -0.1) is 0 Å². The summed E-state index contributed by atoms with van der Waals surface area (Å²) in [5.74, 6) is -0.551. The fraction of sp³-hybridized carbons (Fsp3) is 0.533. The summed E-state index contributed by atoms with van der Waals surface area (Å²) in [6.45, 7) is 4.71. The molecule has 3 unspecified atom stereocenters. The zero-order valence-electron chi connectivity index (χ0n) is 23.0. The lowest BCUT2D eigenvalue weighted by atomic mass is 9.83. The highest BCUT2D eigenvalue weighted by Gasteiger charge is 2.47. The van der Waals surface area contributed by atoms with E-state index in [1.807, 2.05) is 40.1 Å². The first-order chi connectivity index (χ1) is 19.5. The normalized spacial score (nSPS) is 22.2. The summed E-state index contributed by atoms with van der Waals surface area (Å²) in [5, 5.41) is 10.5. The van der Waals surface area contributed by atoms with E-state index in [9.17, 15) is 19.5 Å². The van der Waals surface area contributed by atoms with Gasteiger partial charge in [-0.2, -0.15) is 0 Å². The number of unbranched alkanes of at least 4 members (excludes halogenated alkanes) is 1. The van der Waals surface area contributed by atoms with Crippen molar-refractivity contribution in [3.63, 3.8) is 0 Å². The molecule has 10 nitrogen and oxygen atoms in total. The Labute approximate surface area is 234 Å². The maximum absolute atomic E-state index is 13.8. The molecule has 0 radical (unpaired) electrons. The van der Waals surface area contributed by atoms with Crippen molar-refractivity contribution in [3.05, 3.63) is 48.3 Å².